The minimum atomic E-state index is -3.90. The van der Waals surface area contributed by atoms with Crippen LogP contribution in [0.25, 0.3) is 0 Å². The van der Waals surface area contributed by atoms with Crippen LogP contribution in [0.2, 0.25) is 0 Å². The molecule has 0 saturated heterocycles. The van der Waals surface area contributed by atoms with Gasteiger partial charge in [0.15, 0.2) is 0 Å². The number of carbonyl (C=O) groups excluding carboxylic acids is 1. The van der Waals surface area contributed by atoms with Gasteiger partial charge in [0.2, 0.25) is 5.91 Å². The van der Waals surface area contributed by atoms with Gasteiger partial charge in [-0.2, -0.15) is 0 Å². The van der Waals surface area contributed by atoms with Gasteiger partial charge in [0.05, 0.1) is 26.4 Å². The summed E-state index contributed by atoms with van der Waals surface area (Å²) in [6.07, 6.45) is 12.0. The van der Waals surface area contributed by atoms with E-state index in [1.54, 1.807) is 4.90 Å². The van der Waals surface area contributed by atoms with Crippen molar-refractivity contribution in [1.29, 1.82) is 0 Å². The lowest BCUT2D eigenvalue weighted by molar-refractivity contribution is -0.131. The fourth-order valence-electron chi connectivity index (χ4n) is 5.09. The maximum Gasteiger partial charge on any atom is 0.475 e. The highest BCUT2D eigenvalue weighted by Gasteiger charge is 2.28. The van der Waals surface area contributed by atoms with E-state index in [0.29, 0.717) is 25.9 Å². The van der Waals surface area contributed by atoms with Crippen LogP contribution in [0.3, 0.4) is 0 Å². The van der Waals surface area contributed by atoms with Crippen molar-refractivity contribution >= 4 is 13.7 Å². The quantitative estimate of drug-likeness (QED) is 0.0671. The first-order valence-electron chi connectivity index (χ1n) is 17.1. The molecular weight excluding hydrogens is 597 g/mol. The number of amides is 1. The van der Waals surface area contributed by atoms with Crippen LogP contribution in [0.5, 0.6) is 5.75 Å². The van der Waals surface area contributed by atoms with Crippen molar-refractivity contribution in [2.75, 3.05) is 26.3 Å². The molecule has 8 heteroatoms. The number of carbonyl (C=O) groups is 1. The molecule has 0 fully saturated rings. The van der Waals surface area contributed by atoms with Gasteiger partial charge in [-0.25, -0.2) is 4.57 Å². The normalized spacial score (nSPS) is 11.4. The molecule has 0 radical (unpaired) electrons. The largest absolute Gasteiger partial charge is 0.494 e. The van der Waals surface area contributed by atoms with Gasteiger partial charge in [-0.15, -0.1) is 0 Å². The van der Waals surface area contributed by atoms with E-state index in [1.807, 2.05) is 91.9 Å². The van der Waals surface area contributed by atoms with E-state index >= 15 is 0 Å². The molecule has 0 aromatic heterocycles. The van der Waals surface area contributed by atoms with Gasteiger partial charge in [0, 0.05) is 19.5 Å². The van der Waals surface area contributed by atoms with Gasteiger partial charge in [-0.3, -0.25) is 18.4 Å². The van der Waals surface area contributed by atoms with Crippen molar-refractivity contribution in [3.63, 3.8) is 0 Å². The lowest BCUT2D eigenvalue weighted by Gasteiger charge is -2.24. The number of unbranched alkanes of at least 4 members (excludes halogenated alkanes) is 7. The monoisotopic (exact) mass is 651 g/mol. The third-order valence-electron chi connectivity index (χ3n) is 7.71. The van der Waals surface area contributed by atoms with Gasteiger partial charge in [-0.1, -0.05) is 132 Å². The predicted molar refractivity (Wildman–Crippen MR) is 186 cm³/mol. The summed E-state index contributed by atoms with van der Waals surface area (Å²) < 4.78 is 36.8. The Morgan fingerprint density at radius 3 is 1.83 bits per heavy atom. The summed E-state index contributed by atoms with van der Waals surface area (Å²) in [6.45, 7) is 6.10. The molecule has 0 heterocycles. The number of ether oxygens (including phenoxy) is 1. The summed E-state index contributed by atoms with van der Waals surface area (Å²) in [5, 5.41) is 0. The van der Waals surface area contributed by atoms with Crippen LogP contribution < -0.4 is 4.74 Å². The van der Waals surface area contributed by atoms with E-state index in [0.717, 1.165) is 41.9 Å². The second-order valence-corrected chi connectivity index (χ2v) is 13.3. The molecular formula is C38H54NO6P. The Labute approximate surface area is 277 Å². The number of hydrogen-bond donors (Lipinski definition) is 0. The number of phosphoric acid groups is 1. The molecule has 3 rings (SSSR count). The number of aryl methyl sites for hydroxylation is 1. The van der Waals surface area contributed by atoms with Crippen LogP contribution in [0.1, 0.15) is 94.7 Å². The van der Waals surface area contributed by atoms with Gasteiger partial charge < -0.3 is 9.64 Å². The number of phosphoric ester groups is 1. The molecule has 0 aliphatic rings. The van der Waals surface area contributed by atoms with Crippen LogP contribution in [-0.2, 0) is 42.6 Å². The zero-order valence-corrected chi connectivity index (χ0v) is 28.8. The molecule has 0 aliphatic heterocycles. The molecule has 0 saturated carbocycles. The Balaban J connectivity index is 1.45. The van der Waals surface area contributed by atoms with E-state index in [2.05, 4.69) is 6.92 Å². The second kappa shape index (κ2) is 22.5. The molecule has 0 bridgehead atoms. The number of benzene rings is 3. The molecule has 0 spiro atoms. The van der Waals surface area contributed by atoms with E-state index in [-0.39, 0.29) is 25.7 Å². The van der Waals surface area contributed by atoms with Crippen LogP contribution in [0, 0.1) is 0 Å². The van der Waals surface area contributed by atoms with Crippen LogP contribution in [0.4, 0.5) is 0 Å². The topological polar surface area (TPSA) is 74.3 Å². The lowest BCUT2D eigenvalue weighted by atomic mass is 10.1. The third-order valence-corrected chi connectivity index (χ3v) is 9.10. The predicted octanol–water partition coefficient (Wildman–Crippen LogP) is 9.94. The summed E-state index contributed by atoms with van der Waals surface area (Å²) >= 11 is 0. The molecule has 0 N–H and O–H groups in total. The molecule has 0 unspecified atom stereocenters. The number of hydrogen-bond acceptors (Lipinski definition) is 6. The highest BCUT2D eigenvalue weighted by atomic mass is 31.2. The fraction of sp³-hybridized carbons (Fsp3) is 0.500. The Bertz CT molecular complexity index is 1220. The van der Waals surface area contributed by atoms with Crippen molar-refractivity contribution in [1.82, 2.24) is 4.90 Å². The molecule has 252 valence electrons. The first kappa shape index (κ1) is 37.5. The van der Waals surface area contributed by atoms with Crippen molar-refractivity contribution in [2.45, 2.75) is 97.7 Å². The van der Waals surface area contributed by atoms with Crippen molar-refractivity contribution in [3.8, 4) is 5.75 Å². The average Bonchev–Trinajstić information content (AvgIpc) is 3.09. The molecule has 46 heavy (non-hydrogen) atoms. The van der Waals surface area contributed by atoms with Gasteiger partial charge in [-0.05, 0) is 48.1 Å². The Kier molecular flexibility index (Phi) is 18.4. The molecule has 0 atom stereocenters. The van der Waals surface area contributed by atoms with Crippen molar-refractivity contribution in [2.24, 2.45) is 0 Å². The maximum absolute atomic E-state index is 13.6. The third kappa shape index (κ3) is 15.6. The van der Waals surface area contributed by atoms with Crippen molar-refractivity contribution in [3.05, 3.63) is 102 Å². The zero-order chi connectivity index (χ0) is 32.7. The van der Waals surface area contributed by atoms with Gasteiger partial charge >= 0.3 is 7.82 Å². The summed E-state index contributed by atoms with van der Waals surface area (Å²) in [7, 11) is -3.90. The van der Waals surface area contributed by atoms with E-state index in [1.165, 1.54) is 44.9 Å². The Morgan fingerprint density at radius 2 is 1.22 bits per heavy atom. The van der Waals surface area contributed by atoms with Gasteiger partial charge in [0.1, 0.15) is 5.75 Å². The maximum atomic E-state index is 13.6. The van der Waals surface area contributed by atoms with E-state index in [9.17, 15) is 9.36 Å². The zero-order valence-electron chi connectivity index (χ0n) is 27.9. The Hall–Kier alpha value is -2.96. The molecule has 1 amide bonds. The fourth-order valence-corrected chi connectivity index (χ4v) is 6.23. The summed E-state index contributed by atoms with van der Waals surface area (Å²) in [4.78, 5) is 15.0. The van der Waals surface area contributed by atoms with Crippen LogP contribution >= 0.6 is 7.82 Å². The molecule has 3 aromatic carbocycles. The second-order valence-electron chi connectivity index (χ2n) is 11.7. The molecule has 3 aromatic rings. The van der Waals surface area contributed by atoms with E-state index < -0.39 is 7.82 Å². The first-order chi connectivity index (χ1) is 22.5. The number of nitrogens with zero attached hydrogens (tertiary/aromatic N) is 1. The van der Waals surface area contributed by atoms with E-state index in [4.69, 9.17) is 18.3 Å². The van der Waals surface area contributed by atoms with Crippen LogP contribution in [0.15, 0.2) is 84.9 Å². The number of rotatable bonds is 25. The molecule has 0 aliphatic carbocycles. The minimum absolute atomic E-state index is 0.0287. The lowest BCUT2D eigenvalue weighted by Crippen LogP contribution is -2.34. The minimum Gasteiger partial charge on any atom is -0.494 e. The molecule has 7 nitrogen and oxygen atoms in total. The summed E-state index contributed by atoms with van der Waals surface area (Å²) in [5.74, 6) is 0.884. The van der Waals surface area contributed by atoms with Crippen molar-refractivity contribution < 1.29 is 27.7 Å². The summed E-state index contributed by atoms with van der Waals surface area (Å²) in [6, 6.07) is 27.0. The standard InChI is InChI=1S/C38H54NO6P/c1-3-5-6-7-8-9-10-17-29-42-37-24-18-23-34(31-37)25-26-38(40)39(27-4-2)28-30-43-46(41,44-32-35-19-13-11-14-20-35)45-33-36-21-15-12-16-22-36/h11-16,18-24,31H,3-10,17,25-30,32-33H2,1-2H3. The average molecular weight is 652 g/mol. The highest BCUT2D eigenvalue weighted by molar-refractivity contribution is 7.48. The Morgan fingerprint density at radius 1 is 0.630 bits per heavy atom. The highest BCUT2D eigenvalue weighted by Crippen LogP contribution is 2.50. The first-order valence-corrected chi connectivity index (χ1v) is 18.6. The SMILES string of the molecule is CCCCCCCCCCOc1cccc(CCC(=O)N(CCC)CCOP(=O)(OCc2ccccc2)OCc2ccccc2)c1. The van der Waals surface area contributed by atoms with Crippen LogP contribution in [-0.4, -0.2) is 37.1 Å². The summed E-state index contributed by atoms with van der Waals surface area (Å²) in [5.41, 5.74) is 2.79. The van der Waals surface area contributed by atoms with Gasteiger partial charge in [0.25, 0.3) is 0 Å². The smallest absolute Gasteiger partial charge is 0.475 e.